The van der Waals surface area contributed by atoms with Gasteiger partial charge in [0.25, 0.3) is 5.91 Å². The third kappa shape index (κ3) is 4.69. The molecule has 1 fully saturated rings. The van der Waals surface area contributed by atoms with E-state index in [2.05, 4.69) is 5.32 Å². The molecule has 0 atom stereocenters. The number of hydrogen-bond acceptors (Lipinski definition) is 3. The highest BCUT2D eigenvalue weighted by Gasteiger charge is 2.23. The summed E-state index contributed by atoms with van der Waals surface area (Å²) in [4.78, 5) is 28.1. The Bertz CT molecular complexity index is 896. The molecule has 8 heteroatoms. The van der Waals surface area contributed by atoms with Crippen molar-refractivity contribution in [1.29, 1.82) is 0 Å². The molecule has 1 aliphatic heterocycles. The zero-order valence-electron chi connectivity index (χ0n) is 15.3. The first-order valence-electron chi connectivity index (χ1n) is 8.86. The molecule has 2 aromatic rings. The number of rotatable bonds is 4. The first-order valence-corrected chi connectivity index (χ1v) is 8.86. The molecule has 0 radical (unpaired) electrons. The minimum Gasteiger partial charge on any atom is -0.336 e. The molecular formula is C20H20F3N3O2. The molecule has 0 unspecified atom stereocenters. The molecule has 0 aromatic heterocycles. The summed E-state index contributed by atoms with van der Waals surface area (Å²) >= 11 is 0. The van der Waals surface area contributed by atoms with Crippen LogP contribution in [-0.4, -0.2) is 54.3 Å². The molecule has 0 bridgehead atoms. The van der Waals surface area contributed by atoms with Crippen LogP contribution in [0.5, 0.6) is 0 Å². The molecule has 1 N–H and O–H groups in total. The van der Waals surface area contributed by atoms with Gasteiger partial charge in [-0.25, -0.2) is 13.2 Å². The van der Waals surface area contributed by atoms with Crippen molar-refractivity contribution >= 4 is 17.5 Å². The summed E-state index contributed by atoms with van der Waals surface area (Å²) in [6, 6.07) is 7.56. The van der Waals surface area contributed by atoms with E-state index in [0.717, 1.165) is 12.1 Å². The third-order valence-corrected chi connectivity index (χ3v) is 4.65. The zero-order valence-corrected chi connectivity index (χ0v) is 15.3. The van der Waals surface area contributed by atoms with Crippen molar-refractivity contribution in [1.82, 2.24) is 9.80 Å². The highest BCUT2D eigenvalue weighted by molar-refractivity contribution is 5.94. The summed E-state index contributed by atoms with van der Waals surface area (Å²) in [5.41, 5.74) is 0.958. The van der Waals surface area contributed by atoms with Crippen LogP contribution in [0.15, 0.2) is 36.4 Å². The molecular weight excluding hydrogens is 371 g/mol. The van der Waals surface area contributed by atoms with Gasteiger partial charge in [-0.15, -0.1) is 0 Å². The van der Waals surface area contributed by atoms with Gasteiger partial charge in [0.15, 0.2) is 11.6 Å². The number of hydrogen-bond donors (Lipinski definition) is 1. The number of halogens is 3. The Kier molecular flexibility index (Phi) is 5.99. The molecule has 1 saturated heterocycles. The molecule has 1 heterocycles. The molecule has 2 aromatic carbocycles. The average molecular weight is 391 g/mol. The molecule has 2 amide bonds. The van der Waals surface area contributed by atoms with Gasteiger partial charge in [0.1, 0.15) is 5.82 Å². The topological polar surface area (TPSA) is 52.7 Å². The largest absolute Gasteiger partial charge is 0.336 e. The van der Waals surface area contributed by atoms with Crippen LogP contribution in [0.4, 0.5) is 18.9 Å². The number of anilines is 1. The SMILES string of the molecule is Cc1ccc(C(=O)N2CCN(CC(=O)Nc3ccc(F)c(F)c3)CC2)cc1F. The highest BCUT2D eigenvalue weighted by atomic mass is 19.2. The van der Waals surface area contributed by atoms with Crippen LogP contribution >= 0.6 is 0 Å². The number of aryl methyl sites for hydroxylation is 1. The van der Waals surface area contributed by atoms with Crippen molar-refractivity contribution in [2.75, 3.05) is 38.0 Å². The van der Waals surface area contributed by atoms with Crippen LogP contribution in [0.3, 0.4) is 0 Å². The average Bonchev–Trinajstić information content (AvgIpc) is 2.67. The van der Waals surface area contributed by atoms with Gasteiger partial charge in [-0.3, -0.25) is 14.5 Å². The lowest BCUT2D eigenvalue weighted by atomic mass is 10.1. The molecule has 28 heavy (non-hydrogen) atoms. The Morgan fingerprint density at radius 1 is 0.929 bits per heavy atom. The van der Waals surface area contributed by atoms with Crippen molar-refractivity contribution < 1.29 is 22.8 Å². The van der Waals surface area contributed by atoms with E-state index in [-0.39, 0.29) is 24.0 Å². The van der Waals surface area contributed by atoms with Crippen LogP contribution in [0, 0.1) is 24.4 Å². The van der Waals surface area contributed by atoms with Crippen LogP contribution in [0.1, 0.15) is 15.9 Å². The maximum absolute atomic E-state index is 13.7. The Morgan fingerprint density at radius 2 is 1.64 bits per heavy atom. The first-order chi connectivity index (χ1) is 13.3. The van der Waals surface area contributed by atoms with Crippen molar-refractivity contribution in [3.8, 4) is 0 Å². The molecule has 148 valence electrons. The minimum absolute atomic E-state index is 0.0696. The molecule has 0 spiro atoms. The number of amides is 2. The summed E-state index contributed by atoms with van der Waals surface area (Å²) in [5, 5.41) is 2.52. The summed E-state index contributed by atoms with van der Waals surface area (Å²) in [7, 11) is 0. The van der Waals surface area contributed by atoms with Crippen LogP contribution < -0.4 is 5.32 Å². The van der Waals surface area contributed by atoms with Gasteiger partial charge in [-0.05, 0) is 36.8 Å². The van der Waals surface area contributed by atoms with Gasteiger partial charge < -0.3 is 10.2 Å². The predicted molar refractivity (Wildman–Crippen MR) is 98.5 cm³/mol. The van der Waals surface area contributed by atoms with E-state index in [0.29, 0.717) is 37.3 Å². The monoisotopic (exact) mass is 391 g/mol. The maximum Gasteiger partial charge on any atom is 0.254 e. The number of piperazine rings is 1. The fourth-order valence-electron chi connectivity index (χ4n) is 3.00. The highest BCUT2D eigenvalue weighted by Crippen LogP contribution is 2.15. The molecule has 0 saturated carbocycles. The van der Waals surface area contributed by atoms with E-state index >= 15 is 0 Å². The number of benzene rings is 2. The molecule has 5 nitrogen and oxygen atoms in total. The lowest BCUT2D eigenvalue weighted by Gasteiger charge is -2.34. The van der Waals surface area contributed by atoms with E-state index in [9.17, 15) is 22.8 Å². The van der Waals surface area contributed by atoms with E-state index in [1.165, 1.54) is 12.1 Å². The summed E-state index contributed by atoms with van der Waals surface area (Å²) in [6.07, 6.45) is 0. The maximum atomic E-state index is 13.7. The summed E-state index contributed by atoms with van der Waals surface area (Å²) < 4.78 is 39.8. The normalized spacial score (nSPS) is 14.8. The lowest BCUT2D eigenvalue weighted by molar-refractivity contribution is -0.117. The lowest BCUT2D eigenvalue weighted by Crippen LogP contribution is -2.50. The smallest absolute Gasteiger partial charge is 0.254 e. The van der Waals surface area contributed by atoms with E-state index in [4.69, 9.17) is 0 Å². The van der Waals surface area contributed by atoms with Crippen molar-refractivity contribution in [3.63, 3.8) is 0 Å². The fourth-order valence-corrected chi connectivity index (χ4v) is 3.00. The molecule has 3 rings (SSSR count). The quantitative estimate of drug-likeness (QED) is 0.872. The second-order valence-electron chi connectivity index (χ2n) is 6.71. The van der Waals surface area contributed by atoms with Crippen LogP contribution in [0.25, 0.3) is 0 Å². The van der Waals surface area contributed by atoms with Gasteiger partial charge in [0.2, 0.25) is 5.91 Å². The van der Waals surface area contributed by atoms with Crippen molar-refractivity contribution in [2.24, 2.45) is 0 Å². The molecule has 0 aliphatic carbocycles. The van der Waals surface area contributed by atoms with E-state index < -0.39 is 17.5 Å². The van der Waals surface area contributed by atoms with Crippen LogP contribution in [-0.2, 0) is 4.79 Å². The van der Waals surface area contributed by atoms with Crippen molar-refractivity contribution in [2.45, 2.75) is 6.92 Å². The summed E-state index contributed by atoms with van der Waals surface area (Å²) in [6.45, 7) is 3.48. The second-order valence-corrected chi connectivity index (χ2v) is 6.71. The second kappa shape index (κ2) is 8.43. The third-order valence-electron chi connectivity index (χ3n) is 4.65. The van der Waals surface area contributed by atoms with Gasteiger partial charge in [-0.1, -0.05) is 6.07 Å². The van der Waals surface area contributed by atoms with Gasteiger partial charge in [0, 0.05) is 43.5 Å². The Labute approximate surface area is 160 Å². The Morgan fingerprint density at radius 3 is 2.29 bits per heavy atom. The van der Waals surface area contributed by atoms with E-state index in [1.807, 2.05) is 4.90 Å². The summed E-state index contributed by atoms with van der Waals surface area (Å²) in [5.74, 6) is -3.03. The van der Waals surface area contributed by atoms with Gasteiger partial charge in [0.05, 0.1) is 6.54 Å². The standard InChI is InChI=1S/C20H20F3N3O2/c1-13-2-3-14(10-17(13)22)20(28)26-8-6-25(7-9-26)12-19(27)24-15-4-5-16(21)18(23)11-15/h2-5,10-11H,6-9,12H2,1H3,(H,24,27). The molecule has 1 aliphatic rings. The van der Waals surface area contributed by atoms with Gasteiger partial charge in [-0.2, -0.15) is 0 Å². The zero-order chi connectivity index (χ0) is 20.3. The number of carbonyl (C=O) groups excluding carboxylic acids is 2. The predicted octanol–water partition coefficient (Wildman–Crippen LogP) is 2.81. The Hall–Kier alpha value is -2.87. The minimum atomic E-state index is -1.03. The van der Waals surface area contributed by atoms with Gasteiger partial charge >= 0.3 is 0 Å². The first kappa shape index (κ1) is 19.9. The van der Waals surface area contributed by atoms with Crippen molar-refractivity contribution in [3.05, 3.63) is 65.0 Å². The number of carbonyl (C=O) groups is 2. The van der Waals surface area contributed by atoms with E-state index in [1.54, 1.807) is 24.0 Å². The Balaban J connectivity index is 1.50. The number of nitrogens with one attached hydrogen (secondary N) is 1. The fraction of sp³-hybridized carbons (Fsp3) is 0.300. The number of nitrogens with zero attached hydrogens (tertiary/aromatic N) is 2. The van der Waals surface area contributed by atoms with Crippen LogP contribution in [0.2, 0.25) is 0 Å².